The number of nitrogens with one attached hydrogen (secondary N) is 1. The van der Waals surface area contributed by atoms with Crippen LogP contribution < -0.4 is 5.32 Å². The Balaban J connectivity index is 4.39. The van der Waals surface area contributed by atoms with Gasteiger partial charge in [0, 0.05) is 12.1 Å². The summed E-state index contributed by atoms with van der Waals surface area (Å²) in [6, 6.07) is 0. The largest absolute Gasteiger partial charge is 0.311 e. The highest BCUT2D eigenvalue weighted by Gasteiger charge is 2.25. The SMILES string of the molecule is C=CC(C)(CNC(C)(C)C)CC(CC)CCCC. The van der Waals surface area contributed by atoms with Gasteiger partial charge in [0.05, 0.1) is 0 Å². The Labute approximate surface area is 115 Å². The van der Waals surface area contributed by atoms with E-state index in [1.807, 2.05) is 0 Å². The molecule has 0 aromatic carbocycles. The van der Waals surface area contributed by atoms with Crippen LogP contribution >= 0.6 is 0 Å². The van der Waals surface area contributed by atoms with E-state index in [0.717, 1.165) is 12.5 Å². The van der Waals surface area contributed by atoms with E-state index in [1.165, 1.54) is 32.1 Å². The van der Waals surface area contributed by atoms with Gasteiger partial charge < -0.3 is 5.32 Å². The highest BCUT2D eigenvalue weighted by Crippen LogP contribution is 2.31. The molecule has 2 atom stereocenters. The van der Waals surface area contributed by atoms with Gasteiger partial charge in [-0.2, -0.15) is 0 Å². The topological polar surface area (TPSA) is 12.0 Å². The fourth-order valence-electron chi connectivity index (χ4n) is 2.30. The average Bonchev–Trinajstić information content (AvgIpc) is 2.31. The molecule has 1 nitrogen and oxygen atoms in total. The van der Waals surface area contributed by atoms with E-state index < -0.39 is 0 Å². The van der Waals surface area contributed by atoms with Gasteiger partial charge in [0.2, 0.25) is 0 Å². The first kappa shape index (κ1) is 17.7. The van der Waals surface area contributed by atoms with Gasteiger partial charge in [-0.25, -0.2) is 0 Å². The lowest BCUT2D eigenvalue weighted by atomic mass is 9.78. The highest BCUT2D eigenvalue weighted by molar-refractivity contribution is 4.95. The summed E-state index contributed by atoms with van der Waals surface area (Å²) in [5.74, 6) is 0.842. The molecule has 1 N–H and O–H groups in total. The molecule has 0 rings (SSSR count). The summed E-state index contributed by atoms with van der Waals surface area (Å²) in [6.07, 6.45) is 8.74. The third-order valence-electron chi connectivity index (χ3n) is 3.81. The number of hydrogen-bond donors (Lipinski definition) is 1. The van der Waals surface area contributed by atoms with E-state index in [9.17, 15) is 0 Å². The van der Waals surface area contributed by atoms with Crippen molar-refractivity contribution in [1.82, 2.24) is 5.32 Å². The average molecular weight is 253 g/mol. The first-order valence-electron chi connectivity index (χ1n) is 7.65. The van der Waals surface area contributed by atoms with Crippen molar-refractivity contribution in [2.45, 2.75) is 79.2 Å². The van der Waals surface area contributed by atoms with Crippen molar-refractivity contribution in [3.63, 3.8) is 0 Å². The van der Waals surface area contributed by atoms with E-state index in [1.54, 1.807) is 0 Å². The lowest BCUT2D eigenvalue weighted by Crippen LogP contribution is -2.42. The molecule has 108 valence electrons. The zero-order chi connectivity index (χ0) is 14.2. The van der Waals surface area contributed by atoms with Crippen molar-refractivity contribution >= 4 is 0 Å². The van der Waals surface area contributed by atoms with E-state index in [-0.39, 0.29) is 11.0 Å². The normalized spacial score (nSPS) is 17.2. The van der Waals surface area contributed by atoms with Crippen LogP contribution in [0.15, 0.2) is 12.7 Å². The molecule has 2 unspecified atom stereocenters. The molecule has 18 heavy (non-hydrogen) atoms. The molecule has 0 spiro atoms. The Morgan fingerprint density at radius 2 is 1.78 bits per heavy atom. The van der Waals surface area contributed by atoms with Crippen LogP contribution in [0.4, 0.5) is 0 Å². The van der Waals surface area contributed by atoms with Gasteiger partial charge >= 0.3 is 0 Å². The first-order valence-corrected chi connectivity index (χ1v) is 7.65. The molecule has 0 aliphatic heterocycles. The fourth-order valence-corrected chi connectivity index (χ4v) is 2.30. The van der Waals surface area contributed by atoms with Gasteiger partial charge in [0.1, 0.15) is 0 Å². The fraction of sp³-hybridized carbons (Fsp3) is 0.882. The maximum Gasteiger partial charge on any atom is 0.00968 e. The van der Waals surface area contributed by atoms with Crippen LogP contribution in [0, 0.1) is 11.3 Å². The van der Waals surface area contributed by atoms with Crippen LogP contribution in [0.1, 0.15) is 73.6 Å². The van der Waals surface area contributed by atoms with Crippen LogP contribution in [0.3, 0.4) is 0 Å². The highest BCUT2D eigenvalue weighted by atomic mass is 15.0. The Bertz CT molecular complexity index is 226. The smallest absolute Gasteiger partial charge is 0.00968 e. The minimum Gasteiger partial charge on any atom is -0.311 e. The Morgan fingerprint density at radius 1 is 1.17 bits per heavy atom. The maximum absolute atomic E-state index is 4.06. The van der Waals surface area contributed by atoms with Crippen molar-refractivity contribution in [2.24, 2.45) is 11.3 Å². The van der Waals surface area contributed by atoms with Gasteiger partial charge in [-0.1, -0.05) is 52.5 Å². The van der Waals surface area contributed by atoms with Crippen LogP contribution in [-0.2, 0) is 0 Å². The minimum absolute atomic E-state index is 0.190. The molecule has 0 saturated heterocycles. The lowest BCUT2D eigenvalue weighted by molar-refractivity contribution is 0.250. The van der Waals surface area contributed by atoms with Crippen molar-refractivity contribution in [3.05, 3.63) is 12.7 Å². The second-order valence-electron chi connectivity index (χ2n) is 7.08. The lowest BCUT2D eigenvalue weighted by Gasteiger charge is -2.34. The maximum atomic E-state index is 4.06. The summed E-state index contributed by atoms with van der Waals surface area (Å²) < 4.78 is 0. The van der Waals surface area contributed by atoms with Crippen LogP contribution in [0.25, 0.3) is 0 Å². The number of unbranched alkanes of at least 4 members (excludes halogenated alkanes) is 1. The van der Waals surface area contributed by atoms with E-state index in [0.29, 0.717) is 0 Å². The quantitative estimate of drug-likeness (QED) is 0.559. The molecule has 0 aliphatic rings. The van der Waals surface area contributed by atoms with Gasteiger partial charge in [0.25, 0.3) is 0 Å². The minimum atomic E-state index is 0.190. The third-order valence-corrected chi connectivity index (χ3v) is 3.81. The van der Waals surface area contributed by atoms with E-state index in [2.05, 4.69) is 59.5 Å². The second kappa shape index (κ2) is 7.99. The van der Waals surface area contributed by atoms with Gasteiger partial charge in [-0.15, -0.1) is 6.58 Å². The predicted molar refractivity (Wildman–Crippen MR) is 84.0 cm³/mol. The molecule has 1 heteroatoms. The van der Waals surface area contributed by atoms with Crippen LogP contribution in [0.5, 0.6) is 0 Å². The molecule has 0 saturated carbocycles. The molecule has 0 bridgehead atoms. The number of hydrogen-bond acceptors (Lipinski definition) is 1. The van der Waals surface area contributed by atoms with Crippen molar-refractivity contribution in [2.75, 3.05) is 6.54 Å². The summed E-state index contributed by atoms with van der Waals surface area (Å²) in [5.41, 5.74) is 0.414. The van der Waals surface area contributed by atoms with E-state index >= 15 is 0 Å². The van der Waals surface area contributed by atoms with E-state index in [4.69, 9.17) is 0 Å². The summed E-state index contributed by atoms with van der Waals surface area (Å²) in [5, 5.41) is 3.63. The monoisotopic (exact) mass is 253 g/mol. The molecular weight excluding hydrogens is 218 g/mol. The Kier molecular flexibility index (Phi) is 7.86. The molecule has 0 aromatic rings. The molecule has 0 aliphatic carbocycles. The van der Waals surface area contributed by atoms with Crippen molar-refractivity contribution < 1.29 is 0 Å². The Morgan fingerprint density at radius 3 is 2.17 bits per heavy atom. The second-order valence-corrected chi connectivity index (χ2v) is 7.08. The van der Waals surface area contributed by atoms with Crippen molar-refractivity contribution in [3.8, 4) is 0 Å². The third kappa shape index (κ3) is 7.92. The molecular formula is C17H35N. The van der Waals surface area contributed by atoms with Crippen LogP contribution in [-0.4, -0.2) is 12.1 Å². The molecule has 0 radical (unpaired) electrons. The van der Waals surface area contributed by atoms with Gasteiger partial charge in [-0.05, 0) is 38.5 Å². The summed E-state index contributed by atoms with van der Waals surface area (Å²) in [4.78, 5) is 0. The van der Waals surface area contributed by atoms with Gasteiger partial charge in [0.15, 0.2) is 0 Å². The molecule has 0 aromatic heterocycles. The summed E-state index contributed by atoms with van der Waals surface area (Å²) >= 11 is 0. The first-order chi connectivity index (χ1) is 8.26. The predicted octanol–water partition coefficient (Wildman–Crippen LogP) is 5.17. The molecule has 0 amide bonds. The molecule has 0 heterocycles. The van der Waals surface area contributed by atoms with Crippen molar-refractivity contribution in [1.29, 1.82) is 0 Å². The summed E-state index contributed by atoms with van der Waals surface area (Å²) in [6.45, 7) is 18.7. The molecule has 0 fully saturated rings. The van der Waals surface area contributed by atoms with Gasteiger partial charge in [-0.3, -0.25) is 0 Å². The number of rotatable bonds is 9. The van der Waals surface area contributed by atoms with Crippen LogP contribution in [0.2, 0.25) is 0 Å². The zero-order valence-corrected chi connectivity index (χ0v) is 13.6. The Hall–Kier alpha value is -0.300. The summed E-state index contributed by atoms with van der Waals surface area (Å²) in [7, 11) is 0. The zero-order valence-electron chi connectivity index (χ0n) is 13.6. The standard InChI is InChI=1S/C17H35N/c1-8-11-12-15(9-2)13-17(7,10-3)14-18-16(4,5)6/h10,15,18H,3,8-9,11-14H2,1-2,4-7H3.